The van der Waals surface area contributed by atoms with E-state index in [2.05, 4.69) is 40.0 Å². The molecule has 1 aromatic heterocycles. The van der Waals surface area contributed by atoms with Crippen molar-refractivity contribution in [3.63, 3.8) is 0 Å². The SMILES string of the molecule is CCCc1nc(C2(c3ccccc3)CC2)[nH]c(=O)c1Br. The second-order valence-electron chi connectivity index (χ2n) is 5.37. The van der Waals surface area contributed by atoms with E-state index < -0.39 is 0 Å². The fourth-order valence-corrected chi connectivity index (χ4v) is 3.06. The van der Waals surface area contributed by atoms with Gasteiger partial charge in [0.2, 0.25) is 0 Å². The van der Waals surface area contributed by atoms with Gasteiger partial charge in [0.15, 0.2) is 0 Å². The molecule has 0 aliphatic heterocycles. The van der Waals surface area contributed by atoms with Crippen molar-refractivity contribution in [2.75, 3.05) is 0 Å². The van der Waals surface area contributed by atoms with E-state index in [1.165, 1.54) is 5.56 Å². The Balaban J connectivity index is 2.09. The molecule has 3 nitrogen and oxygen atoms in total. The van der Waals surface area contributed by atoms with E-state index in [0.29, 0.717) is 4.47 Å². The Hall–Kier alpha value is -1.42. The number of aromatic amines is 1. The van der Waals surface area contributed by atoms with Crippen LogP contribution in [0.3, 0.4) is 0 Å². The molecule has 0 saturated heterocycles. The van der Waals surface area contributed by atoms with E-state index in [-0.39, 0.29) is 11.0 Å². The Kier molecular flexibility index (Phi) is 3.50. The lowest BCUT2D eigenvalue weighted by atomic mass is 9.95. The fourth-order valence-electron chi connectivity index (χ4n) is 2.68. The summed E-state index contributed by atoms with van der Waals surface area (Å²) >= 11 is 3.35. The molecule has 1 saturated carbocycles. The lowest BCUT2D eigenvalue weighted by Crippen LogP contribution is -2.22. The van der Waals surface area contributed by atoms with Crippen LogP contribution in [0, 0.1) is 0 Å². The monoisotopic (exact) mass is 332 g/mol. The number of nitrogens with one attached hydrogen (secondary N) is 1. The molecule has 0 bridgehead atoms. The molecule has 0 atom stereocenters. The number of nitrogens with zero attached hydrogens (tertiary/aromatic N) is 1. The van der Waals surface area contributed by atoms with E-state index in [9.17, 15) is 4.79 Å². The molecule has 1 aliphatic carbocycles. The van der Waals surface area contributed by atoms with Gasteiger partial charge in [-0.05, 0) is 40.8 Å². The maximum absolute atomic E-state index is 12.1. The number of hydrogen-bond acceptors (Lipinski definition) is 2. The zero-order valence-electron chi connectivity index (χ0n) is 11.4. The van der Waals surface area contributed by atoms with Crippen molar-refractivity contribution in [2.45, 2.75) is 38.0 Å². The molecule has 4 heteroatoms. The van der Waals surface area contributed by atoms with Crippen LogP contribution in [-0.2, 0) is 11.8 Å². The van der Waals surface area contributed by atoms with Gasteiger partial charge in [-0.15, -0.1) is 0 Å². The van der Waals surface area contributed by atoms with Crippen molar-refractivity contribution < 1.29 is 0 Å². The molecule has 1 N–H and O–H groups in total. The first-order valence-corrected chi connectivity index (χ1v) is 7.81. The predicted octanol–water partition coefficient (Wildman–Crippen LogP) is 3.56. The van der Waals surface area contributed by atoms with Crippen molar-refractivity contribution in [2.24, 2.45) is 0 Å². The van der Waals surface area contributed by atoms with Gasteiger partial charge in [0.25, 0.3) is 5.56 Å². The molecule has 104 valence electrons. The van der Waals surface area contributed by atoms with Gasteiger partial charge in [-0.3, -0.25) is 4.79 Å². The van der Waals surface area contributed by atoms with Crippen molar-refractivity contribution in [3.8, 4) is 0 Å². The molecule has 0 unspecified atom stereocenters. The van der Waals surface area contributed by atoms with Crippen LogP contribution >= 0.6 is 15.9 Å². The summed E-state index contributed by atoms with van der Waals surface area (Å²) in [4.78, 5) is 19.8. The first-order valence-electron chi connectivity index (χ1n) is 7.02. The summed E-state index contributed by atoms with van der Waals surface area (Å²) in [7, 11) is 0. The first kappa shape index (κ1) is 13.6. The third kappa shape index (κ3) is 2.22. The maximum Gasteiger partial charge on any atom is 0.265 e. The molecule has 0 radical (unpaired) electrons. The van der Waals surface area contributed by atoms with Gasteiger partial charge in [0.05, 0.1) is 11.1 Å². The normalized spacial score (nSPS) is 16.1. The molecule has 1 aliphatic rings. The summed E-state index contributed by atoms with van der Waals surface area (Å²) in [5.74, 6) is 0.820. The van der Waals surface area contributed by atoms with Gasteiger partial charge in [-0.2, -0.15) is 0 Å². The molecule has 1 heterocycles. The van der Waals surface area contributed by atoms with Crippen LogP contribution in [0.25, 0.3) is 0 Å². The van der Waals surface area contributed by atoms with Gasteiger partial charge in [-0.25, -0.2) is 4.98 Å². The van der Waals surface area contributed by atoms with Gasteiger partial charge >= 0.3 is 0 Å². The zero-order valence-corrected chi connectivity index (χ0v) is 13.0. The highest BCUT2D eigenvalue weighted by atomic mass is 79.9. The highest BCUT2D eigenvalue weighted by Gasteiger charge is 2.48. The molecule has 0 spiro atoms. The lowest BCUT2D eigenvalue weighted by molar-refractivity contribution is 0.720. The summed E-state index contributed by atoms with van der Waals surface area (Å²) in [6, 6.07) is 10.3. The van der Waals surface area contributed by atoms with Gasteiger partial charge in [0, 0.05) is 0 Å². The molecule has 3 rings (SSSR count). The Morgan fingerprint density at radius 3 is 2.60 bits per heavy atom. The molecule has 2 aromatic rings. The van der Waals surface area contributed by atoms with Gasteiger partial charge in [0.1, 0.15) is 10.3 Å². The van der Waals surface area contributed by atoms with Crippen LogP contribution in [0.4, 0.5) is 0 Å². The largest absolute Gasteiger partial charge is 0.309 e. The minimum Gasteiger partial charge on any atom is -0.309 e. The zero-order chi connectivity index (χ0) is 14.2. The highest BCUT2D eigenvalue weighted by molar-refractivity contribution is 9.10. The summed E-state index contributed by atoms with van der Waals surface area (Å²) < 4.78 is 0.576. The number of aromatic nitrogens is 2. The molecule has 20 heavy (non-hydrogen) atoms. The molecule has 1 fully saturated rings. The molecular weight excluding hydrogens is 316 g/mol. The van der Waals surface area contributed by atoms with Gasteiger partial charge < -0.3 is 4.98 Å². The first-order chi connectivity index (χ1) is 9.67. The van der Waals surface area contributed by atoms with Crippen molar-refractivity contribution in [3.05, 3.63) is 62.2 Å². The average Bonchev–Trinajstić information content (AvgIpc) is 3.26. The van der Waals surface area contributed by atoms with E-state index in [0.717, 1.165) is 37.2 Å². The predicted molar refractivity (Wildman–Crippen MR) is 83.0 cm³/mol. The minimum atomic E-state index is -0.0798. The van der Waals surface area contributed by atoms with Crippen LogP contribution in [0.15, 0.2) is 39.6 Å². The van der Waals surface area contributed by atoms with E-state index in [1.807, 2.05) is 18.2 Å². The average molecular weight is 333 g/mol. The van der Waals surface area contributed by atoms with Crippen LogP contribution in [0.2, 0.25) is 0 Å². The Labute approximate surface area is 126 Å². The number of hydrogen-bond donors (Lipinski definition) is 1. The topological polar surface area (TPSA) is 45.8 Å². The fraction of sp³-hybridized carbons (Fsp3) is 0.375. The van der Waals surface area contributed by atoms with Crippen LogP contribution in [-0.4, -0.2) is 9.97 Å². The number of aryl methyl sites for hydroxylation is 1. The smallest absolute Gasteiger partial charge is 0.265 e. The van der Waals surface area contributed by atoms with E-state index >= 15 is 0 Å². The third-order valence-corrected chi connectivity index (χ3v) is 4.77. The standard InChI is InChI=1S/C16H17BrN2O/c1-2-6-12-13(17)14(20)19-15(18-12)16(9-10-16)11-7-4-3-5-8-11/h3-5,7-8H,2,6,9-10H2,1H3,(H,18,19,20). The summed E-state index contributed by atoms with van der Waals surface area (Å²) in [5, 5.41) is 0. The minimum absolute atomic E-state index is 0.0688. The Morgan fingerprint density at radius 1 is 1.30 bits per heavy atom. The Bertz CT molecular complexity index is 675. The van der Waals surface area contributed by atoms with Crippen molar-refractivity contribution in [1.29, 1.82) is 0 Å². The quantitative estimate of drug-likeness (QED) is 0.930. The lowest BCUT2D eigenvalue weighted by Gasteiger charge is -2.16. The number of rotatable bonds is 4. The van der Waals surface area contributed by atoms with Crippen molar-refractivity contribution in [1.82, 2.24) is 9.97 Å². The highest BCUT2D eigenvalue weighted by Crippen LogP contribution is 2.51. The van der Waals surface area contributed by atoms with Crippen LogP contribution < -0.4 is 5.56 Å². The summed E-state index contributed by atoms with van der Waals surface area (Å²) in [5.41, 5.74) is 1.96. The van der Waals surface area contributed by atoms with Crippen LogP contribution in [0.5, 0.6) is 0 Å². The maximum atomic E-state index is 12.1. The Morgan fingerprint density at radius 2 is 2.00 bits per heavy atom. The summed E-state index contributed by atoms with van der Waals surface area (Å²) in [6.45, 7) is 2.10. The second kappa shape index (κ2) is 5.17. The van der Waals surface area contributed by atoms with E-state index in [4.69, 9.17) is 4.98 Å². The molecular formula is C16H17BrN2O. The second-order valence-corrected chi connectivity index (χ2v) is 6.17. The van der Waals surface area contributed by atoms with E-state index in [1.54, 1.807) is 0 Å². The number of H-pyrrole nitrogens is 1. The third-order valence-electron chi connectivity index (χ3n) is 3.95. The number of halogens is 1. The molecule has 0 amide bonds. The number of benzene rings is 1. The van der Waals surface area contributed by atoms with Crippen LogP contribution in [0.1, 0.15) is 43.3 Å². The summed E-state index contributed by atoms with van der Waals surface area (Å²) in [6.07, 6.45) is 3.90. The van der Waals surface area contributed by atoms with Gasteiger partial charge in [-0.1, -0.05) is 43.7 Å². The molecule has 1 aromatic carbocycles. The van der Waals surface area contributed by atoms with Crippen molar-refractivity contribution >= 4 is 15.9 Å².